The van der Waals surface area contributed by atoms with Gasteiger partial charge in [0.1, 0.15) is 22.7 Å². The molecule has 0 bridgehead atoms. The summed E-state index contributed by atoms with van der Waals surface area (Å²) in [7, 11) is 1.26. The van der Waals surface area contributed by atoms with E-state index in [0.29, 0.717) is 16.3 Å². The van der Waals surface area contributed by atoms with Gasteiger partial charge in [-0.1, -0.05) is 36.0 Å². The van der Waals surface area contributed by atoms with Gasteiger partial charge in [0.05, 0.1) is 23.9 Å². The third-order valence-corrected chi connectivity index (χ3v) is 4.75. The number of para-hydroxylation sites is 4. The van der Waals surface area contributed by atoms with Crippen LogP contribution in [0, 0.1) is 0 Å². The molecule has 0 aliphatic rings. The molecular weight excluding hydrogens is 366 g/mol. The van der Waals surface area contributed by atoms with Crippen LogP contribution in [0.5, 0.6) is 0 Å². The molecular formula is C19H15N3O4S. The summed E-state index contributed by atoms with van der Waals surface area (Å²) in [5, 5.41) is 11.0. The Morgan fingerprint density at radius 2 is 1.89 bits per heavy atom. The molecule has 0 saturated carbocycles. The lowest BCUT2D eigenvalue weighted by atomic mass is 10.2. The molecule has 0 saturated heterocycles. The molecule has 136 valence electrons. The number of rotatable bonds is 5. The number of carbonyl (C=O) groups excluding carboxylic acids is 1. The van der Waals surface area contributed by atoms with Gasteiger partial charge >= 0.3 is 5.97 Å². The fraction of sp³-hybridized carbons (Fsp3) is 0.105. The van der Waals surface area contributed by atoms with Crippen LogP contribution in [0.3, 0.4) is 0 Å². The first-order chi connectivity index (χ1) is 13.2. The first-order valence-electron chi connectivity index (χ1n) is 8.09. The van der Waals surface area contributed by atoms with E-state index >= 15 is 0 Å². The highest BCUT2D eigenvalue weighted by Gasteiger charge is 2.22. The topological polar surface area (TPSA) is 101 Å². The number of H-pyrrole nitrogens is 1. The lowest BCUT2D eigenvalue weighted by Gasteiger charge is -2.06. The van der Waals surface area contributed by atoms with E-state index in [-0.39, 0.29) is 22.9 Å². The van der Waals surface area contributed by atoms with Crippen molar-refractivity contribution in [1.29, 1.82) is 0 Å². The highest BCUT2D eigenvalue weighted by atomic mass is 32.2. The number of imidazole rings is 1. The maximum atomic E-state index is 12.2. The number of hydrogen-bond acceptors (Lipinski definition) is 7. The van der Waals surface area contributed by atoms with Crippen molar-refractivity contribution >= 4 is 45.4 Å². The predicted molar refractivity (Wildman–Crippen MR) is 102 cm³/mol. The van der Waals surface area contributed by atoms with Crippen LogP contribution in [0.2, 0.25) is 0 Å². The standard InChI is InChI=1S/C19H15N3O4S/c1-25-18(24)16(17-20-11-6-2-3-7-12(11)21-17)14(23)10-27-19-22-13-8-4-5-9-15(13)26-19/h2-9,23H,10H2,1H3,(H,20,21). The summed E-state index contributed by atoms with van der Waals surface area (Å²) in [4.78, 5) is 24.0. The quantitative estimate of drug-likeness (QED) is 0.234. The number of aliphatic hydroxyl groups is 1. The number of aromatic nitrogens is 3. The molecule has 4 aromatic rings. The second-order valence-corrected chi connectivity index (χ2v) is 6.58. The molecule has 0 atom stereocenters. The molecule has 0 fully saturated rings. The van der Waals surface area contributed by atoms with Crippen LogP contribution in [-0.2, 0) is 9.53 Å². The van der Waals surface area contributed by atoms with Crippen molar-refractivity contribution in [3.63, 3.8) is 0 Å². The minimum absolute atomic E-state index is 0.0164. The molecule has 4 rings (SSSR count). The summed E-state index contributed by atoms with van der Waals surface area (Å²) in [5.41, 5.74) is 2.82. The molecule has 0 spiro atoms. The lowest BCUT2D eigenvalue weighted by molar-refractivity contribution is -0.133. The highest BCUT2D eigenvalue weighted by molar-refractivity contribution is 7.99. The molecule has 7 nitrogen and oxygen atoms in total. The molecule has 2 aromatic carbocycles. The van der Waals surface area contributed by atoms with E-state index in [0.717, 1.165) is 11.0 Å². The maximum absolute atomic E-state index is 12.2. The molecule has 0 unspecified atom stereocenters. The van der Waals surface area contributed by atoms with Crippen LogP contribution in [-0.4, -0.2) is 38.9 Å². The summed E-state index contributed by atoms with van der Waals surface area (Å²) in [6, 6.07) is 14.7. The van der Waals surface area contributed by atoms with Crippen molar-refractivity contribution in [2.75, 3.05) is 12.9 Å². The van der Waals surface area contributed by atoms with Gasteiger partial charge in [-0.2, -0.15) is 0 Å². The lowest BCUT2D eigenvalue weighted by Crippen LogP contribution is -2.09. The fourth-order valence-electron chi connectivity index (χ4n) is 2.64. The zero-order valence-corrected chi connectivity index (χ0v) is 15.1. The number of aliphatic hydroxyl groups excluding tert-OH is 1. The molecule has 0 aliphatic carbocycles. The third kappa shape index (κ3) is 3.39. The van der Waals surface area contributed by atoms with E-state index in [1.165, 1.54) is 18.9 Å². The molecule has 0 amide bonds. The summed E-state index contributed by atoms with van der Waals surface area (Å²) < 4.78 is 10.4. The number of benzene rings is 2. The fourth-order valence-corrected chi connectivity index (χ4v) is 3.36. The first kappa shape index (κ1) is 17.2. The van der Waals surface area contributed by atoms with E-state index in [4.69, 9.17) is 9.15 Å². The predicted octanol–water partition coefficient (Wildman–Crippen LogP) is 3.94. The average Bonchev–Trinajstić information content (AvgIpc) is 3.29. The van der Waals surface area contributed by atoms with Crippen LogP contribution >= 0.6 is 11.8 Å². The summed E-state index contributed by atoms with van der Waals surface area (Å²) in [5.74, 6) is -0.523. The average molecular weight is 381 g/mol. The van der Waals surface area contributed by atoms with Crippen LogP contribution in [0.15, 0.2) is 63.9 Å². The van der Waals surface area contributed by atoms with E-state index in [1.807, 2.05) is 48.5 Å². The number of hydrogen-bond donors (Lipinski definition) is 2. The summed E-state index contributed by atoms with van der Waals surface area (Å²) >= 11 is 1.18. The van der Waals surface area contributed by atoms with Crippen molar-refractivity contribution in [3.8, 4) is 0 Å². The van der Waals surface area contributed by atoms with Crippen molar-refractivity contribution < 1.29 is 19.1 Å². The number of fused-ring (bicyclic) bond motifs is 2. The number of esters is 1. The Labute approximate surface area is 158 Å². The van der Waals surface area contributed by atoms with E-state index in [2.05, 4.69) is 15.0 Å². The molecule has 0 radical (unpaired) electrons. The number of ether oxygens (including phenoxy) is 1. The Bertz CT molecular complexity index is 1100. The van der Waals surface area contributed by atoms with Gasteiger partial charge in [0, 0.05) is 0 Å². The van der Waals surface area contributed by atoms with Crippen LogP contribution in [0.4, 0.5) is 0 Å². The van der Waals surface area contributed by atoms with E-state index in [9.17, 15) is 9.90 Å². The Morgan fingerprint density at radius 1 is 1.15 bits per heavy atom. The minimum Gasteiger partial charge on any atom is -0.510 e. The minimum atomic E-state index is -0.676. The van der Waals surface area contributed by atoms with Crippen LogP contribution in [0.1, 0.15) is 5.82 Å². The number of thioether (sulfide) groups is 1. The Hall–Kier alpha value is -3.26. The highest BCUT2D eigenvalue weighted by Crippen LogP contribution is 2.27. The molecule has 27 heavy (non-hydrogen) atoms. The number of carbonyl (C=O) groups is 1. The normalized spacial score (nSPS) is 12.3. The number of methoxy groups -OCH3 is 1. The second-order valence-electron chi connectivity index (χ2n) is 5.65. The van der Waals surface area contributed by atoms with Gasteiger partial charge < -0.3 is 19.2 Å². The van der Waals surface area contributed by atoms with Crippen molar-refractivity contribution in [2.45, 2.75) is 5.22 Å². The number of oxazole rings is 1. The SMILES string of the molecule is COC(=O)C(=C(O)CSc1nc2ccccc2o1)c1nc2ccccc2[nH]1. The monoisotopic (exact) mass is 381 g/mol. The second kappa shape index (κ2) is 7.16. The molecule has 2 aromatic heterocycles. The number of nitrogens with one attached hydrogen (secondary N) is 1. The molecule has 8 heteroatoms. The first-order valence-corrected chi connectivity index (χ1v) is 9.08. The van der Waals surface area contributed by atoms with Crippen LogP contribution < -0.4 is 0 Å². The Kier molecular flexibility index (Phi) is 4.55. The van der Waals surface area contributed by atoms with Gasteiger partial charge in [-0.25, -0.2) is 14.8 Å². The van der Waals surface area contributed by atoms with Crippen molar-refractivity contribution in [1.82, 2.24) is 15.0 Å². The number of aromatic amines is 1. The Balaban J connectivity index is 1.65. The van der Waals surface area contributed by atoms with Crippen molar-refractivity contribution in [3.05, 3.63) is 60.1 Å². The van der Waals surface area contributed by atoms with Gasteiger partial charge in [0.25, 0.3) is 5.22 Å². The smallest absolute Gasteiger partial charge is 0.345 e. The van der Waals surface area contributed by atoms with Crippen molar-refractivity contribution in [2.24, 2.45) is 0 Å². The van der Waals surface area contributed by atoms with Crippen LogP contribution in [0.25, 0.3) is 27.7 Å². The summed E-state index contributed by atoms with van der Waals surface area (Å²) in [6.45, 7) is 0. The van der Waals surface area contributed by atoms with Gasteiger partial charge in [0.2, 0.25) is 0 Å². The Morgan fingerprint density at radius 3 is 2.63 bits per heavy atom. The van der Waals surface area contributed by atoms with Gasteiger partial charge in [-0.3, -0.25) is 0 Å². The van der Waals surface area contributed by atoms with E-state index < -0.39 is 5.97 Å². The molecule has 2 N–H and O–H groups in total. The third-order valence-electron chi connectivity index (χ3n) is 3.91. The zero-order valence-electron chi connectivity index (χ0n) is 14.3. The summed E-state index contributed by atoms with van der Waals surface area (Å²) in [6.07, 6.45) is 0. The van der Waals surface area contributed by atoms with Gasteiger partial charge in [0.15, 0.2) is 5.58 Å². The zero-order chi connectivity index (χ0) is 18.8. The van der Waals surface area contributed by atoms with E-state index in [1.54, 1.807) is 0 Å². The molecule has 0 aliphatic heterocycles. The molecule has 2 heterocycles. The largest absolute Gasteiger partial charge is 0.510 e. The number of nitrogens with zero attached hydrogens (tertiary/aromatic N) is 2. The van der Waals surface area contributed by atoms with Gasteiger partial charge in [-0.15, -0.1) is 0 Å². The maximum Gasteiger partial charge on any atom is 0.345 e. The van der Waals surface area contributed by atoms with Gasteiger partial charge in [-0.05, 0) is 24.3 Å².